The highest BCUT2D eigenvalue weighted by Gasteiger charge is 2.26. The fourth-order valence-corrected chi connectivity index (χ4v) is 3.46. The minimum atomic E-state index is -0.633. The molecule has 1 N–H and O–H groups in total. The number of halogens is 2. The number of carbonyl (C=O) groups is 1. The molecule has 0 bridgehead atoms. The molecule has 2 aromatic carbocycles. The smallest absolute Gasteiger partial charge is 0.347 e. The number of carbonyl (C=O) groups excluding carboxylic acids is 1. The van der Waals surface area contributed by atoms with Crippen LogP contribution in [0.25, 0.3) is 5.69 Å². The number of hydrogen-bond donors (Lipinski definition) is 1. The fourth-order valence-electron chi connectivity index (χ4n) is 2.90. The molecule has 2 amide bonds. The van der Waals surface area contributed by atoms with Gasteiger partial charge in [0.05, 0.1) is 27.1 Å². The molecule has 0 spiro atoms. The van der Waals surface area contributed by atoms with Crippen LogP contribution in [0.4, 0.5) is 10.5 Å². The van der Waals surface area contributed by atoms with E-state index in [-0.39, 0.29) is 44.3 Å². The van der Waals surface area contributed by atoms with Crippen LogP contribution < -0.4 is 20.6 Å². The Balaban J connectivity index is 1.67. The number of anilines is 1. The zero-order chi connectivity index (χ0) is 23.7. The highest BCUT2D eigenvalue weighted by molar-refractivity contribution is 6.37. The lowest BCUT2D eigenvalue weighted by Gasteiger charge is -2.24. The number of hydrazone groups is 1. The van der Waals surface area contributed by atoms with E-state index >= 15 is 0 Å². The lowest BCUT2D eigenvalue weighted by molar-refractivity contribution is 0.248. The second-order valence-corrected chi connectivity index (χ2v) is 7.69. The van der Waals surface area contributed by atoms with Crippen LogP contribution in [0.3, 0.4) is 0 Å². The minimum Gasteiger partial charge on any atom is -0.434 e. The molecule has 11 heteroatoms. The first-order valence-corrected chi connectivity index (χ1v) is 10.2. The van der Waals surface area contributed by atoms with Crippen molar-refractivity contribution in [1.29, 1.82) is 5.26 Å². The summed E-state index contributed by atoms with van der Waals surface area (Å²) in [5, 5.41) is 20.8. The summed E-state index contributed by atoms with van der Waals surface area (Å²) in [7, 11) is 0. The standard InChI is InChI=1S/C22H14Cl2N6O3/c1-12-3-5-14(6-4-12)29-20(31)8-7-19(28-29)33-21-16(23)9-15(10-17(21)24)30-22(32)26-13(2)18(11-25)27-30/h3-10H,2H2,1H3,(H,26,32). The molecule has 1 aliphatic heterocycles. The number of hydrogen-bond acceptors (Lipinski definition) is 6. The van der Waals surface area contributed by atoms with Gasteiger partial charge in [0.2, 0.25) is 5.88 Å². The van der Waals surface area contributed by atoms with Crippen molar-refractivity contribution >= 4 is 40.6 Å². The maximum Gasteiger partial charge on any atom is 0.347 e. The normalized spacial score (nSPS) is 13.3. The van der Waals surface area contributed by atoms with Crippen LogP contribution >= 0.6 is 23.2 Å². The molecule has 1 aromatic heterocycles. The van der Waals surface area contributed by atoms with Gasteiger partial charge in [0, 0.05) is 12.1 Å². The summed E-state index contributed by atoms with van der Waals surface area (Å²) in [6, 6.07) is 13.9. The molecule has 0 radical (unpaired) electrons. The third-order valence-corrected chi connectivity index (χ3v) is 5.09. The van der Waals surface area contributed by atoms with Gasteiger partial charge in [-0.25, -0.2) is 4.79 Å². The Hall–Kier alpha value is -4.13. The third-order valence-electron chi connectivity index (χ3n) is 4.53. The van der Waals surface area contributed by atoms with Gasteiger partial charge >= 0.3 is 6.03 Å². The molecular weight excluding hydrogens is 467 g/mol. The van der Waals surface area contributed by atoms with Gasteiger partial charge in [-0.3, -0.25) is 4.79 Å². The van der Waals surface area contributed by atoms with Gasteiger partial charge in [-0.15, -0.1) is 5.10 Å². The van der Waals surface area contributed by atoms with Crippen molar-refractivity contribution in [3.05, 3.63) is 86.8 Å². The van der Waals surface area contributed by atoms with Gasteiger partial charge in [-0.1, -0.05) is 47.5 Å². The Bertz CT molecular complexity index is 1400. The quantitative estimate of drug-likeness (QED) is 0.587. The maximum absolute atomic E-state index is 12.3. The molecule has 33 heavy (non-hydrogen) atoms. The van der Waals surface area contributed by atoms with E-state index in [0.717, 1.165) is 10.6 Å². The van der Waals surface area contributed by atoms with Crippen LogP contribution in [0.15, 0.2) is 70.7 Å². The van der Waals surface area contributed by atoms with Gasteiger partial charge in [-0.2, -0.15) is 20.1 Å². The Morgan fingerprint density at radius 1 is 1.06 bits per heavy atom. The van der Waals surface area contributed by atoms with Crippen LogP contribution in [0.2, 0.25) is 10.0 Å². The minimum absolute atomic E-state index is 0.0540. The SMILES string of the molecule is C=C1NC(=O)N(c2cc(Cl)c(Oc3ccc(=O)n(-c4ccc(C)cc4)n3)c(Cl)c2)N=C1C#N. The molecule has 3 aromatic rings. The molecule has 1 aliphatic rings. The predicted molar refractivity (Wildman–Crippen MR) is 124 cm³/mol. The second-order valence-electron chi connectivity index (χ2n) is 6.88. The summed E-state index contributed by atoms with van der Waals surface area (Å²) in [5.74, 6) is 0.138. The highest BCUT2D eigenvalue weighted by Crippen LogP contribution is 2.39. The Morgan fingerprint density at radius 2 is 1.73 bits per heavy atom. The average molecular weight is 481 g/mol. The molecule has 4 rings (SSSR count). The Morgan fingerprint density at radius 3 is 2.36 bits per heavy atom. The van der Waals surface area contributed by atoms with Crippen molar-refractivity contribution in [3.8, 4) is 23.4 Å². The van der Waals surface area contributed by atoms with Gasteiger partial charge in [0.25, 0.3) is 5.56 Å². The van der Waals surface area contributed by atoms with Crippen LogP contribution in [0.1, 0.15) is 5.56 Å². The number of allylic oxidation sites excluding steroid dienone is 1. The number of nitrogens with zero attached hydrogens (tertiary/aromatic N) is 5. The van der Waals surface area contributed by atoms with E-state index in [9.17, 15) is 9.59 Å². The van der Waals surface area contributed by atoms with Crippen LogP contribution in [-0.2, 0) is 0 Å². The molecule has 0 fully saturated rings. The molecule has 0 saturated carbocycles. The number of aromatic nitrogens is 2. The molecule has 0 aliphatic carbocycles. The summed E-state index contributed by atoms with van der Waals surface area (Å²) in [6.45, 7) is 5.50. The second kappa shape index (κ2) is 8.78. The average Bonchev–Trinajstić information content (AvgIpc) is 2.78. The molecule has 0 unspecified atom stereocenters. The van der Waals surface area contributed by atoms with Crippen molar-refractivity contribution in [1.82, 2.24) is 15.1 Å². The highest BCUT2D eigenvalue weighted by atomic mass is 35.5. The fraction of sp³-hybridized carbons (Fsp3) is 0.0455. The lowest BCUT2D eigenvalue weighted by Crippen LogP contribution is -2.42. The van der Waals surface area contributed by atoms with E-state index in [2.05, 4.69) is 22.1 Å². The van der Waals surface area contributed by atoms with Gasteiger partial charge in [-0.05, 0) is 31.2 Å². The topological polar surface area (TPSA) is 113 Å². The Labute approximate surface area is 197 Å². The molecule has 164 valence electrons. The lowest BCUT2D eigenvalue weighted by atomic mass is 10.2. The number of amides is 2. The first-order valence-electron chi connectivity index (χ1n) is 9.40. The van der Waals surface area contributed by atoms with Gasteiger partial charge in [0.15, 0.2) is 11.5 Å². The monoisotopic (exact) mass is 480 g/mol. The molecule has 2 heterocycles. The number of ether oxygens (including phenoxy) is 1. The number of rotatable bonds is 4. The first-order chi connectivity index (χ1) is 15.8. The van der Waals surface area contributed by atoms with E-state index in [1.165, 1.54) is 28.9 Å². The van der Waals surface area contributed by atoms with E-state index in [1.54, 1.807) is 12.1 Å². The summed E-state index contributed by atoms with van der Waals surface area (Å²) in [5.41, 5.74) is 1.48. The predicted octanol–water partition coefficient (Wildman–Crippen LogP) is 4.56. The number of urea groups is 1. The number of nitrogens with one attached hydrogen (secondary N) is 1. The first kappa shape index (κ1) is 22.1. The number of aryl methyl sites for hydroxylation is 1. The Kier molecular flexibility index (Phi) is 5.87. The molecule has 0 saturated heterocycles. The van der Waals surface area contributed by atoms with Crippen LogP contribution in [-0.4, -0.2) is 21.5 Å². The zero-order valence-corrected chi connectivity index (χ0v) is 18.6. The van der Waals surface area contributed by atoms with E-state index < -0.39 is 6.03 Å². The molecule has 9 nitrogen and oxygen atoms in total. The molecular formula is C22H14Cl2N6O3. The van der Waals surface area contributed by atoms with Crippen LogP contribution in [0, 0.1) is 18.3 Å². The van der Waals surface area contributed by atoms with E-state index in [0.29, 0.717) is 5.69 Å². The van der Waals surface area contributed by atoms with Crippen molar-refractivity contribution in [2.24, 2.45) is 5.10 Å². The largest absolute Gasteiger partial charge is 0.434 e. The number of benzene rings is 2. The van der Waals surface area contributed by atoms with Crippen LogP contribution in [0.5, 0.6) is 11.6 Å². The maximum atomic E-state index is 12.3. The summed E-state index contributed by atoms with van der Waals surface area (Å²) in [6.07, 6.45) is 0. The third kappa shape index (κ3) is 4.43. The van der Waals surface area contributed by atoms with Crippen molar-refractivity contribution in [2.45, 2.75) is 6.92 Å². The summed E-state index contributed by atoms with van der Waals surface area (Å²) < 4.78 is 6.94. The van der Waals surface area contributed by atoms with Gasteiger partial charge < -0.3 is 10.1 Å². The van der Waals surface area contributed by atoms with Crippen molar-refractivity contribution < 1.29 is 9.53 Å². The summed E-state index contributed by atoms with van der Waals surface area (Å²) >= 11 is 12.7. The molecule has 0 atom stereocenters. The van der Waals surface area contributed by atoms with Crippen molar-refractivity contribution in [3.63, 3.8) is 0 Å². The zero-order valence-electron chi connectivity index (χ0n) is 17.0. The van der Waals surface area contributed by atoms with Crippen molar-refractivity contribution in [2.75, 3.05) is 5.01 Å². The number of nitriles is 1. The summed E-state index contributed by atoms with van der Waals surface area (Å²) in [4.78, 5) is 24.5. The van der Waals surface area contributed by atoms with E-state index in [4.69, 9.17) is 33.2 Å². The van der Waals surface area contributed by atoms with E-state index in [1.807, 2.05) is 25.1 Å². The van der Waals surface area contributed by atoms with Gasteiger partial charge in [0.1, 0.15) is 6.07 Å².